The highest BCUT2D eigenvalue weighted by molar-refractivity contribution is 8.14. The molecule has 18 heavy (non-hydrogen) atoms. The largest absolute Gasteiger partial charge is 0.334 e. The number of benzene rings is 1. The second-order valence-electron chi connectivity index (χ2n) is 5.06. The molecule has 4 heteroatoms. The van der Waals surface area contributed by atoms with Crippen molar-refractivity contribution < 1.29 is 0 Å². The number of para-hydroxylation sites is 1. The number of anilines is 1. The summed E-state index contributed by atoms with van der Waals surface area (Å²) in [6.07, 6.45) is 1.86. The summed E-state index contributed by atoms with van der Waals surface area (Å²) < 4.78 is 0. The summed E-state index contributed by atoms with van der Waals surface area (Å²) in [6.45, 7) is 4.29. The van der Waals surface area contributed by atoms with E-state index in [2.05, 4.69) is 41.3 Å². The molecule has 0 bridgehead atoms. The summed E-state index contributed by atoms with van der Waals surface area (Å²) in [7, 11) is 0. The van der Waals surface area contributed by atoms with E-state index >= 15 is 0 Å². The lowest BCUT2D eigenvalue weighted by atomic mass is 10.1. The van der Waals surface area contributed by atoms with Crippen molar-refractivity contribution in [2.45, 2.75) is 19.4 Å². The zero-order valence-corrected chi connectivity index (χ0v) is 11.3. The maximum atomic E-state index is 4.64. The summed E-state index contributed by atoms with van der Waals surface area (Å²) >= 11 is 1.76. The molecule has 3 nitrogen and oxygen atoms in total. The molecular formula is C14H15N3S. The number of hydrogen-bond acceptors (Lipinski definition) is 4. The Morgan fingerprint density at radius 2 is 2.11 bits per heavy atom. The zero-order chi connectivity index (χ0) is 12.6. The highest BCUT2D eigenvalue weighted by Crippen LogP contribution is 2.28. The maximum Gasteiger partial charge on any atom is 0.161 e. The van der Waals surface area contributed by atoms with Crippen molar-refractivity contribution in [3.8, 4) is 0 Å². The average Bonchev–Trinajstić information content (AvgIpc) is 2.68. The van der Waals surface area contributed by atoms with E-state index in [1.54, 1.807) is 11.8 Å². The third kappa shape index (κ3) is 2.34. The Hall–Kier alpha value is -1.55. The molecule has 2 heterocycles. The molecule has 0 aliphatic carbocycles. The van der Waals surface area contributed by atoms with Gasteiger partial charge in [-0.1, -0.05) is 30.0 Å². The van der Waals surface area contributed by atoms with Gasteiger partial charge in [-0.15, -0.1) is 0 Å². The number of rotatable bonds is 1. The van der Waals surface area contributed by atoms with E-state index in [9.17, 15) is 0 Å². The first-order valence-electron chi connectivity index (χ1n) is 5.97. The predicted molar refractivity (Wildman–Crippen MR) is 79.3 cm³/mol. The number of fused-ring (bicyclic) bond motifs is 1. The van der Waals surface area contributed by atoms with Gasteiger partial charge in [0.2, 0.25) is 0 Å². The van der Waals surface area contributed by atoms with E-state index < -0.39 is 0 Å². The number of nitrogens with zero attached hydrogens (tertiary/aromatic N) is 2. The Balaban J connectivity index is 1.87. The third-order valence-corrected chi connectivity index (χ3v) is 4.13. The highest BCUT2D eigenvalue weighted by atomic mass is 32.2. The van der Waals surface area contributed by atoms with Crippen LogP contribution >= 0.6 is 11.8 Å². The monoisotopic (exact) mass is 257 g/mol. The van der Waals surface area contributed by atoms with Crippen molar-refractivity contribution in [2.24, 2.45) is 4.99 Å². The highest BCUT2D eigenvalue weighted by Gasteiger charge is 2.25. The van der Waals surface area contributed by atoms with Gasteiger partial charge in [-0.05, 0) is 26.0 Å². The summed E-state index contributed by atoms with van der Waals surface area (Å²) in [5, 5.41) is 5.47. The van der Waals surface area contributed by atoms with Gasteiger partial charge in [0.1, 0.15) is 0 Å². The Bertz CT molecular complexity index is 619. The Labute approximate surface area is 111 Å². The van der Waals surface area contributed by atoms with Crippen LogP contribution in [0.2, 0.25) is 0 Å². The lowest BCUT2D eigenvalue weighted by molar-refractivity contribution is 0.605. The van der Waals surface area contributed by atoms with Gasteiger partial charge in [0.15, 0.2) is 5.17 Å². The van der Waals surface area contributed by atoms with Crippen molar-refractivity contribution in [1.82, 2.24) is 4.98 Å². The van der Waals surface area contributed by atoms with E-state index in [0.717, 1.165) is 27.5 Å². The zero-order valence-electron chi connectivity index (χ0n) is 10.5. The molecule has 0 amide bonds. The minimum absolute atomic E-state index is 0.0390. The molecule has 3 rings (SSSR count). The van der Waals surface area contributed by atoms with E-state index in [1.165, 1.54) is 0 Å². The first-order valence-corrected chi connectivity index (χ1v) is 6.95. The molecule has 0 spiro atoms. The van der Waals surface area contributed by atoms with Crippen molar-refractivity contribution >= 4 is 33.5 Å². The van der Waals surface area contributed by atoms with Crippen molar-refractivity contribution in [2.75, 3.05) is 11.1 Å². The van der Waals surface area contributed by atoms with Crippen LogP contribution in [0.25, 0.3) is 10.9 Å². The van der Waals surface area contributed by atoms with Gasteiger partial charge in [0.25, 0.3) is 0 Å². The van der Waals surface area contributed by atoms with Gasteiger partial charge in [-0.3, -0.25) is 9.98 Å². The molecule has 1 aromatic heterocycles. The number of pyridine rings is 1. The van der Waals surface area contributed by atoms with Crippen LogP contribution in [0.15, 0.2) is 41.5 Å². The average molecular weight is 257 g/mol. The molecule has 1 aliphatic heterocycles. The topological polar surface area (TPSA) is 37.3 Å². The number of nitrogens with one attached hydrogen (secondary N) is 1. The number of hydrogen-bond donors (Lipinski definition) is 1. The normalized spacial score (nSPS) is 17.8. The first kappa shape index (κ1) is 11.5. The second kappa shape index (κ2) is 4.28. The van der Waals surface area contributed by atoms with Gasteiger partial charge in [0.05, 0.1) is 22.9 Å². The SMILES string of the molecule is CC1(C)CSC(Nc2cnc3ccccc3c2)=N1. The fourth-order valence-electron chi connectivity index (χ4n) is 1.91. The van der Waals surface area contributed by atoms with Crippen LogP contribution in [-0.4, -0.2) is 21.4 Å². The molecule has 1 aliphatic rings. The van der Waals surface area contributed by atoms with Gasteiger partial charge in [-0.25, -0.2) is 0 Å². The second-order valence-corrected chi connectivity index (χ2v) is 6.02. The molecule has 1 aromatic carbocycles. The van der Waals surface area contributed by atoms with E-state index in [0.29, 0.717) is 0 Å². The quantitative estimate of drug-likeness (QED) is 0.849. The number of thioether (sulfide) groups is 1. The molecule has 0 saturated carbocycles. The van der Waals surface area contributed by atoms with Crippen molar-refractivity contribution in [3.63, 3.8) is 0 Å². The Kier molecular flexibility index (Phi) is 2.74. The van der Waals surface area contributed by atoms with Crippen LogP contribution in [0, 0.1) is 0 Å². The van der Waals surface area contributed by atoms with Gasteiger partial charge in [-0.2, -0.15) is 0 Å². The van der Waals surface area contributed by atoms with Crippen LogP contribution in [0.1, 0.15) is 13.8 Å². The molecule has 2 aromatic rings. The fourth-order valence-corrected chi connectivity index (χ4v) is 2.97. The first-order chi connectivity index (χ1) is 8.62. The minimum atomic E-state index is 0.0390. The lowest BCUT2D eigenvalue weighted by Gasteiger charge is -2.09. The molecule has 0 fully saturated rings. The van der Waals surface area contributed by atoms with Gasteiger partial charge in [0, 0.05) is 11.1 Å². The Morgan fingerprint density at radius 1 is 1.28 bits per heavy atom. The summed E-state index contributed by atoms with van der Waals surface area (Å²) in [5.41, 5.74) is 2.05. The summed E-state index contributed by atoms with van der Waals surface area (Å²) in [5.74, 6) is 1.02. The van der Waals surface area contributed by atoms with Crippen LogP contribution in [0.4, 0.5) is 5.69 Å². The van der Waals surface area contributed by atoms with Gasteiger partial charge < -0.3 is 5.32 Å². The number of aliphatic imine (C=N–C) groups is 1. The van der Waals surface area contributed by atoms with Crippen LogP contribution in [-0.2, 0) is 0 Å². The number of aromatic nitrogens is 1. The molecule has 92 valence electrons. The fraction of sp³-hybridized carbons (Fsp3) is 0.286. The lowest BCUT2D eigenvalue weighted by Crippen LogP contribution is -2.15. The van der Waals surface area contributed by atoms with E-state index in [4.69, 9.17) is 0 Å². The Morgan fingerprint density at radius 3 is 2.89 bits per heavy atom. The van der Waals surface area contributed by atoms with Crippen LogP contribution in [0.3, 0.4) is 0 Å². The minimum Gasteiger partial charge on any atom is -0.334 e. The molecule has 0 radical (unpaired) electrons. The predicted octanol–water partition coefficient (Wildman–Crippen LogP) is 3.53. The standard InChI is InChI=1S/C14H15N3S/c1-14(2)9-18-13(17-14)16-11-7-10-5-3-4-6-12(10)15-8-11/h3-8H,9H2,1-2H3,(H,16,17). The molecular weight excluding hydrogens is 242 g/mol. The molecule has 1 N–H and O–H groups in total. The molecule has 0 saturated heterocycles. The summed E-state index contributed by atoms with van der Waals surface area (Å²) in [4.78, 5) is 9.07. The smallest absolute Gasteiger partial charge is 0.161 e. The third-order valence-electron chi connectivity index (χ3n) is 2.81. The van der Waals surface area contributed by atoms with Gasteiger partial charge >= 0.3 is 0 Å². The molecule has 0 unspecified atom stereocenters. The maximum absolute atomic E-state index is 4.64. The van der Waals surface area contributed by atoms with E-state index in [1.807, 2.05) is 24.4 Å². The van der Waals surface area contributed by atoms with E-state index in [-0.39, 0.29) is 5.54 Å². The van der Waals surface area contributed by atoms with Crippen LogP contribution in [0.5, 0.6) is 0 Å². The van der Waals surface area contributed by atoms with Crippen LogP contribution < -0.4 is 5.32 Å². The van der Waals surface area contributed by atoms with Crippen molar-refractivity contribution in [3.05, 3.63) is 36.5 Å². The van der Waals surface area contributed by atoms with Crippen molar-refractivity contribution in [1.29, 1.82) is 0 Å². The molecule has 0 atom stereocenters. The number of amidine groups is 1. The summed E-state index contributed by atoms with van der Waals surface area (Å²) in [6, 6.07) is 10.2.